The highest BCUT2D eigenvalue weighted by Gasteiger charge is 2.16. The summed E-state index contributed by atoms with van der Waals surface area (Å²) in [6.07, 6.45) is 13.5. The Morgan fingerprint density at radius 2 is 1.97 bits per heavy atom. The van der Waals surface area contributed by atoms with E-state index >= 15 is 0 Å². The third-order valence-corrected chi connectivity index (χ3v) is 4.50. The van der Waals surface area contributed by atoms with E-state index in [1.54, 1.807) is 7.05 Å². The number of hydrogen-bond donors (Lipinski definition) is 1. The summed E-state index contributed by atoms with van der Waals surface area (Å²) in [4.78, 5) is 16.0. The third-order valence-electron chi connectivity index (χ3n) is 4.50. The number of nitrogens with one attached hydrogen (secondary N) is 1. The van der Waals surface area contributed by atoms with Crippen molar-refractivity contribution in [2.24, 2.45) is 4.99 Å². The topological polar surface area (TPSA) is 50.7 Å². The van der Waals surface area contributed by atoms with Gasteiger partial charge in [0.2, 0.25) is 0 Å². The molecule has 0 aliphatic rings. The molecule has 1 aromatic rings. The van der Waals surface area contributed by atoms with Crippen molar-refractivity contribution in [3.63, 3.8) is 0 Å². The van der Waals surface area contributed by atoms with Crippen LogP contribution in [0.5, 0.6) is 0 Å². The van der Waals surface area contributed by atoms with Gasteiger partial charge in [-0.3, -0.25) is 4.99 Å². The molecule has 1 N–H and O–H groups in total. The number of unbranched alkanes of at least 4 members (excludes halogenated alkanes) is 2. The maximum atomic E-state index is 11.9. The van der Waals surface area contributed by atoms with Crippen LogP contribution in [0, 0.1) is 6.92 Å². The number of alkyl carbamates (subject to hydrolysis) is 1. The summed E-state index contributed by atoms with van der Waals surface area (Å²) < 4.78 is 5.31. The molecule has 0 saturated heterocycles. The Labute approximate surface area is 182 Å². The Morgan fingerprint density at radius 1 is 1.23 bits per heavy atom. The zero-order chi connectivity index (χ0) is 22.6. The first-order chi connectivity index (χ1) is 14.2. The van der Waals surface area contributed by atoms with Crippen LogP contribution in [0.2, 0.25) is 0 Å². The number of rotatable bonds is 9. The van der Waals surface area contributed by atoms with E-state index in [1.807, 2.05) is 33.1 Å². The minimum atomic E-state index is -0.502. The average Bonchev–Trinajstić information content (AvgIpc) is 2.66. The molecule has 1 amide bonds. The lowest BCUT2D eigenvalue weighted by atomic mass is 9.95. The van der Waals surface area contributed by atoms with E-state index in [2.05, 4.69) is 67.5 Å². The van der Waals surface area contributed by atoms with Gasteiger partial charge in [-0.1, -0.05) is 56.2 Å². The number of benzene rings is 1. The van der Waals surface area contributed by atoms with Gasteiger partial charge < -0.3 is 10.1 Å². The molecule has 0 fully saturated rings. The molecule has 4 nitrogen and oxygen atoms in total. The number of ether oxygens (including phenoxy) is 1. The molecule has 0 heterocycles. The second-order valence-electron chi connectivity index (χ2n) is 8.40. The Kier molecular flexibility index (Phi) is 10.9. The fourth-order valence-electron chi connectivity index (χ4n) is 2.87. The standard InChI is InChI=1S/C26H38N2O2/c1-8-9-10-11-12-13-20(2)24(16-17-27-7)22-14-15-23(21(3)18-22)19-28-25(29)30-26(4,5)6/h11-18H,8-10,19H2,1-7H3,(H,28,29)/b12-11-,20-13+,24-16+,27-17-. The van der Waals surface area contributed by atoms with Gasteiger partial charge >= 0.3 is 6.09 Å². The molecule has 4 heteroatoms. The number of carbonyl (C=O) groups excluding carboxylic acids is 1. The van der Waals surface area contributed by atoms with Crippen LogP contribution in [0.15, 0.2) is 53.1 Å². The fourth-order valence-corrected chi connectivity index (χ4v) is 2.87. The molecule has 0 spiro atoms. The highest BCUT2D eigenvalue weighted by molar-refractivity contribution is 5.91. The summed E-state index contributed by atoms with van der Waals surface area (Å²) in [7, 11) is 1.77. The number of carbonyl (C=O) groups is 1. The van der Waals surface area contributed by atoms with Crippen molar-refractivity contribution < 1.29 is 9.53 Å². The van der Waals surface area contributed by atoms with Gasteiger partial charge in [-0.15, -0.1) is 0 Å². The maximum Gasteiger partial charge on any atom is 0.407 e. The van der Waals surface area contributed by atoms with E-state index in [0.717, 1.165) is 28.7 Å². The lowest BCUT2D eigenvalue weighted by Crippen LogP contribution is -2.32. The van der Waals surface area contributed by atoms with Crippen LogP contribution >= 0.6 is 0 Å². The van der Waals surface area contributed by atoms with E-state index in [4.69, 9.17) is 4.74 Å². The van der Waals surface area contributed by atoms with Crippen molar-refractivity contribution in [3.8, 4) is 0 Å². The summed E-state index contributed by atoms with van der Waals surface area (Å²) in [6, 6.07) is 6.30. The summed E-state index contributed by atoms with van der Waals surface area (Å²) in [5.74, 6) is 0. The summed E-state index contributed by atoms with van der Waals surface area (Å²) in [6.45, 7) is 12.4. The molecule has 30 heavy (non-hydrogen) atoms. The van der Waals surface area contributed by atoms with Crippen LogP contribution < -0.4 is 5.32 Å². The second kappa shape index (κ2) is 12.8. The first-order valence-corrected chi connectivity index (χ1v) is 10.7. The highest BCUT2D eigenvalue weighted by Crippen LogP contribution is 2.25. The third kappa shape index (κ3) is 9.73. The molecule has 0 unspecified atom stereocenters. The smallest absolute Gasteiger partial charge is 0.407 e. The zero-order valence-corrected chi connectivity index (χ0v) is 19.7. The van der Waals surface area contributed by atoms with Crippen LogP contribution in [0.4, 0.5) is 4.79 Å². The molecule has 164 valence electrons. The first kappa shape index (κ1) is 25.4. The van der Waals surface area contributed by atoms with E-state index in [0.29, 0.717) is 6.54 Å². The Morgan fingerprint density at radius 3 is 2.57 bits per heavy atom. The van der Waals surface area contributed by atoms with Gasteiger partial charge in [0.05, 0.1) is 0 Å². The van der Waals surface area contributed by atoms with Crippen molar-refractivity contribution in [1.82, 2.24) is 5.32 Å². The molecular weight excluding hydrogens is 372 g/mol. The molecule has 0 radical (unpaired) electrons. The molecule has 1 rings (SSSR count). The van der Waals surface area contributed by atoms with Gasteiger partial charge in [-0.25, -0.2) is 4.79 Å². The number of allylic oxidation sites excluding steroid dienone is 6. The number of amides is 1. The van der Waals surface area contributed by atoms with Crippen molar-refractivity contribution in [3.05, 3.63) is 64.8 Å². The van der Waals surface area contributed by atoms with Crippen LogP contribution in [-0.2, 0) is 11.3 Å². The quantitative estimate of drug-likeness (QED) is 0.276. The van der Waals surface area contributed by atoms with Crippen molar-refractivity contribution in [2.45, 2.75) is 73.0 Å². The van der Waals surface area contributed by atoms with Crippen LogP contribution in [0.3, 0.4) is 0 Å². The van der Waals surface area contributed by atoms with Gasteiger partial charge in [0, 0.05) is 19.8 Å². The normalized spacial score (nSPS) is 13.3. The molecule has 0 bridgehead atoms. The fraction of sp³-hybridized carbons (Fsp3) is 0.462. The van der Waals surface area contributed by atoms with Crippen molar-refractivity contribution in [1.29, 1.82) is 0 Å². The van der Waals surface area contributed by atoms with E-state index in [9.17, 15) is 4.79 Å². The van der Waals surface area contributed by atoms with Crippen molar-refractivity contribution in [2.75, 3.05) is 7.05 Å². The summed E-state index contributed by atoms with van der Waals surface area (Å²) in [5, 5.41) is 2.83. The van der Waals surface area contributed by atoms with E-state index in [-0.39, 0.29) is 0 Å². The highest BCUT2D eigenvalue weighted by atomic mass is 16.6. The molecule has 0 saturated carbocycles. The predicted molar refractivity (Wildman–Crippen MR) is 129 cm³/mol. The van der Waals surface area contributed by atoms with Gasteiger partial charge in [0.25, 0.3) is 0 Å². The van der Waals surface area contributed by atoms with Crippen LogP contribution in [0.25, 0.3) is 5.57 Å². The van der Waals surface area contributed by atoms with Crippen LogP contribution in [-0.4, -0.2) is 25.0 Å². The second-order valence-corrected chi connectivity index (χ2v) is 8.40. The number of hydrogen-bond acceptors (Lipinski definition) is 3. The van der Waals surface area contributed by atoms with Gasteiger partial charge in [-0.2, -0.15) is 0 Å². The molecular formula is C26H38N2O2. The molecule has 0 aromatic heterocycles. The van der Waals surface area contributed by atoms with Crippen LogP contribution in [0.1, 0.15) is 70.6 Å². The van der Waals surface area contributed by atoms with E-state index in [1.165, 1.54) is 18.4 Å². The van der Waals surface area contributed by atoms with E-state index < -0.39 is 11.7 Å². The lowest BCUT2D eigenvalue weighted by molar-refractivity contribution is 0.0523. The zero-order valence-electron chi connectivity index (χ0n) is 19.7. The average molecular weight is 411 g/mol. The predicted octanol–water partition coefficient (Wildman–Crippen LogP) is 6.80. The monoisotopic (exact) mass is 410 g/mol. The SMILES string of the molecule is CCCC\C=C/C=C(C)/C(=C\C=N/C)c1ccc(CNC(=O)OC(C)(C)C)c(C)c1. The molecule has 0 atom stereocenters. The van der Waals surface area contributed by atoms with Gasteiger partial charge in [-0.05, 0) is 75.0 Å². The Balaban J connectivity index is 2.98. The minimum absolute atomic E-state index is 0.403. The lowest BCUT2D eigenvalue weighted by Gasteiger charge is -2.20. The van der Waals surface area contributed by atoms with Gasteiger partial charge in [0.1, 0.15) is 5.60 Å². The Hall–Kier alpha value is -2.62. The molecule has 0 aliphatic heterocycles. The summed E-state index contributed by atoms with van der Waals surface area (Å²) in [5.41, 5.74) is 5.13. The number of nitrogens with zero attached hydrogens (tertiary/aromatic N) is 1. The van der Waals surface area contributed by atoms with Crippen molar-refractivity contribution >= 4 is 17.9 Å². The maximum absolute atomic E-state index is 11.9. The number of aryl methyl sites for hydroxylation is 1. The Bertz CT molecular complexity index is 809. The molecule has 1 aromatic carbocycles. The first-order valence-electron chi connectivity index (χ1n) is 10.7. The number of aliphatic imine (C=N–C) groups is 1. The molecule has 0 aliphatic carbocycles. The largest absolute Gasteiger partial charge is 0.444 e. The summed E-state index contributed by atoms with van der Waals surface area (Å²) >= 11 is 0. The van der Waals surface area contributed by atoms with Gasteiger partial charge in [0.15, 0.2) is 0 Å². The minimum Gasteiger partial charge on any atom is -0.444 e.